The van der Waals surface area contributed by atoms with E-state index in [0.29, 0.717) is 28.2 Å². The molecule has 0 bridgehead atoms. The SMILES string of the molecule is COCCNc1nnc(SC(C(N)=O)c2ccc(F)cc2)s1. The largest absolute Gasteiger partial charge is 0.383 e. The average molecular weight is 342 g/mol. The molecule has 1 unspecified atom stereocenters. The number of hydrogen-bond acceptors (Lipinski definition) is 7. The Hall–Kier alpha value is -1.71. The fourth-order valence-electron chi connectivity index (χ4n) is 1.62. The minimum atomic E-state index is -0.639. The third kappa shape index (κ3) is 4.65. The van der Waals surface area contributed by atoms with Gasteiger partial charge < -0.3 is 15.8 Å². The third-order valence-electron chi connectivity index (χ3n) is 2.64. The van der Waals surface area contributed by atoms with E-state index in [9.17, 15) is 9.18 Å². The van der Waals surface area contributed by atoms with Crippen molar-refractivity contribution in [3.63, 3.8) is 0 Å². The van der Waals surface area contributed by atoms with Gasteiger partial charge in [-0.3, -0.25) is 4.79 Å². The molecule has 3 N–H and O–H groups in total. The Morgan fingerprint density at radius 2 is 2.18 bits per heavy atom. The van der Waals surface area contributed by atoms with E-state index in [1.165, 1.54) is 47.4 Å². The molecule has 2 aromatic rings. The lowest BCUT2D eigenvalue weighted by molar-refractivity contribution is -0.117. The lowest BCUT2D eigenvalue weighted by Gasteiger charge is -2.11. The number of ether oxygens (including phenoxy) is 1. The van der Waals surface area contributed by atoms with Gasteiger partial charge in [-0.25, -0.2) is 4.39 Å². The molecule has 0 aliphatic rings. The van der Waals surface area contributed by atoms with Gasteiger partial charge in [0, 0.05) is 13.7 Å². The monoisotopic (exact) mass is 342 g/mol. The maximum atomic E-state index is 13.0. The van der Waals surface area contributed by atoms with Crippen LogP contribution in [0.4, 0.5) is 9.52 Å². The standard InChI is InChI=1S/C13H15FN4O2S2/c1-20-7-6-16-12-17-18-13(22-12)21-10(11(15)19)8-2-4-9(14)5-3-8/h2-5,10H,6-7H2,1H3,(H2,15,19)(H,16,17). The van der Waals surface area contributed by atoms with Crippen LogP contribution in [0.1, 0.15) is 10.8 Å². The van der Waals surface area contributed by atoms with Gasteiger partial charge in [0.25, 0.3) is 0 Å². The molecule has 0 fully saturated rings. The van der Waals surface area contributed by atoms with Gasteiger partial charge in [-0.15, -0.1) is 10.2 Å². The van der Waals surface area contributed by atoms with Crippen LogP contribution in [-0.4, -0.2) is 36.4 Å². The van der Waals surface area contributed by atoms with Crippen LogP contribution in [0.2, 0.25) is 0 Å². The molecule has 1 atom stereocenters. The molecule has 0 saturated carbocycles. The van der Waals surface area contributed by atoms with Crippen LogP contribution in [-0.2, 0) is 9.53 Å². The number of amides is 1. The van der Waals surface area contributed by atoms with Crippen molar-refractivity contribution in [2.45, 2.75) is 9.59 Å². The number of anilines is 1. The number of rotatable bonds is 8. The summed E-state index contributed by atoms with van der Waals surface area (Å²) in [5.41, 5.74) is 6.06. The van der Waals surface area contributed by atoms with Crippen LogP contribution >= 0.6 is 23.1 Å². The van der Waals surface area contributed by atoms with Crippen molar-refractivity contribution >= 4 is 34.1 Å². The number of methoxy groups -OCH3 is 1. The van der Waals surface area contributed by atoms with Crippen LogP contribution in [0.3, 0.4) is 0 Å². The van der Waals surface area contributed by atoms with Gasteiger partial charge in [0.2, 0.25) is 11.0 Å². The number of nitrogens with two attached hydrogens (primary N) is 1. The highest BCUT2D eigenvalue weighted by Gasteiger charge is 2.21. The Morgan fingerprint density at radius 3 is 2.82 bits per heavy atom. The van der Waals surface area contributed by atoms with Gasteiger partial charge in [0.05, 0.1) is 6.61 Å². The van der Waals surface area contributed by atoms with Crippen molar-refractivity contribution < 1.29 is 13.9 Å². The van der Waals surface area contributed by atoms with Gasteiger partial charge in [0.1, 0.15) is 11.1 Å². The number of benzene rings is 1. The van der Waals surface area contributed by atoms with Crippen molar-refractivity contribution in [1.29, 1.82) is 0 Å². The Kier molecular flexibility index (Phi) is 6.10. The van der Waals surface area contributed by atoms with E-state index in [1.54, 1.807) is 7.11 Å². The summed E-state index contributed by atoms with van der Waals surface area (Å²) < 4.78 is 18.5. The fourth-order valence-corrected chi connectivity index (χ4v) is 3.54. The van der Waals surface area contributed by atoms with Crippen LogP contribution in [0, 0.1) is 5.82 Å². The Labute approximate surface area is 135 Å². The predicted molar refractivity (Wildman–Crippen MR) is 84.5 cm³/mol. The molecule has 22 heavy (non-hydrogen) atoms. The molecular formula is C13H15FN4O2S2. The topological polar surface area (TPSA) is 90.1 Å². The highest BCUT2D eigenvalue weighted by molar-refractivity contribution is 8.01. The number of nitrogens with one attached hydrogen (secondary N) is 1. The summed E-state index contributed by atoms with van der Waals surface area (Å²) >= 11 is 2.51. The molecule has 118 valence electrons. The van der Waals surface area contributed by atoms with E-state index in [-0.39, 0.29) is 5.82 Å². The number of halogens is 1. The number of thioether (sulfide) groups is 1. The zero-order chi connectivity index (χ0) is 15.9. The summed E-state index contributed by atoms with van der Waals surface area (Å²) in [4.78, 5) is 11.6. The van der Waals surface area contributed by atoms with Gasteiger partial charge in [-0.2, -0.15) is 0 Å². The number of primary amides is 1. The van der Waals surface area contributed by atoms with Crippen molar-refractivity contribution in [1.82, 2.24) is 10.2 Å². The summed E-state index contributed by atoms with van der Waals surface area (Å²) in [6, 6.07) is 5.67. The molecule has 1 heterocycles. The fraction of sp³-hybridized carbons (Fsp3) is 0.308. The summed E-state index contributed by atoms with van der Waals surface area (Å²) in [6.07, 6.45) is 0. The Morgan fingerprint density at radius 1 is 1.45 bits per heavy atom. The first-order chi connectivity index (χ1) is 10.6. The minimum Gasteiger partial charge on any atom is -0.383 e. The van der Waals surface area contributed by atoms with E-state index >= 15 is 0 Å². The van der Waals surface area contributed by atoms with Crippen LogP contribution in [0.15, 0.2) is 28.6 Å². The molecule has 1 aromatic carbocycles. The van der Waals surface area contributed by atoms with Crippen LogP contribution < -0.4 is 11.1 Å². The average Bonchev–Trinajstić information content (AvgIpc) is 2.94. The first-order valence-corrected chi connectivity index (χ1v) is 8.07. The summed E-state index contributed by atoms with van der Waals surface area (Å²) in [7, 11) is 1.61. The zero-order valence-electron chi connectivity index (χ0n) is 11.8. The highest BCUT2D eigenvalue weighted by Crippen LogP contribution is 2.37. The third-order valence-corrected chi connectivity index (χ3v) is 4.88. The van der Waals surface area contributed by atoms with Gasteiger partial charge in [-0.05, 0) is 17.7 Å². The van der Waals surface area contributed by atoms with Crippen molar-refractivity contribution in [3.8, 4) is 0 Å². The molecular weight excluding hydrogens is 327 g/mol. The number of aromatic nitrogens is 2. The predicted octanol–water partition coefficient (Wildman–Crippen LogP) is 2.05. The number of nitrogens with zero attached hydrogens (tertiary/aromatic N) is 2. The van der Waals surface area contributed by atoms with Gasteiger partial charge in [-0.1, -0.05) is 35.2 Å². The van der Waals surface area contributed by atoms with Crippen LogP contribution in [0.25, 0.3) is 0 Å². The lowest BCUT2D eigenvalue weighted by atomic mass is 10.1. The molecule has 9 heteroatoms. The van der Waals surface area contributed by atoms with E-state index in [2.05, 4.69) is 15.5 Å². The van der Waals surface area contributed by atoms with E-state index < -0.39 is 11.2 Å². The van der Waals surface area contributed by atoms with E-state index in [4.69, 9.17) is 10.5 Å². The first kappa shape index (κ1) is 16.7. The maximum absolute atomic E-state index is 13.0. The molecule has 1 aromatic heterocycles. The minimum absolute atomic E-state index is 0.363. The molecule has 6 nitrogen and oxygen atoms in total. The first-order valence-electron chi connectivity index (χ1n) is 6.38. The molecule has 0 spiro atoms. The molecule has 0 aliphatic carbocycles. The summed E-state index contributed by atoms with van der Waals surface area (Å²) in [5, 5.41) is 11.0. The molecule has 2 rings (SSSR count). The smallest absolute Gasteiger partial charge is 0.235 e. The normalized spacial score (nSPS) is 12.1. The second kappa shape index (κ2) is 8.06. The van der Waals surface area contributed by atoms with E-state index in [1.807, 2.05) is 0 Å². The van der Waals surface area contributed by atoms with Gasteiger partial charge in [0.15, 0.2) is 4.34 Å². The van der Waals surface area contributed by atoms with Crippen molar-refractivity contribution in [3.05, 3.63) is 35.6 Å². The maximum Gasteiger partial charge on any atom is 0.235 e. The zero-order valence-corrected chi connectivity index (χ0v) is 13.4. The molecule has 0 saturated heterocycles. The van der Waals surface area contributed by atoms with Crippen molar-refractivity contribution in [2.24, 2.45) is 5.73 Å². The van der Waals surface area contributed by atoms with Crippen LogP contribution in [0.5, 0.6) is 0 Å². The molecule has 1 amide bonds. The summed E-state index contributed by atoms with van der Waals surface area (Å²) in [5.74, 6) is -0.877. The number of carbonyl (C=O) groups is 1. The van der Waals surface area contributed by atoms with Crippen molar-refractivity contribution in [2.75, 3.05) is 25.6 Å². The number of hydrogen-bond donors (Lipinski definition) is 2. The second-order valence-corrected chi connectivity index (χ2v) is 6.57. The number of carbonyl (C=O) groups excluding carboxylic acids is 1. The Balaban J connectivity index is 2.05. The van der Waals surface area contributed by atoms with E-state index in [0.717, 1.165) is 0 Å². The summed E-state index contributed by atoms with van der Waals surface area (Å²) in [6.45, 7) is 1.18. The Bertz CT molecular complexity index is 621. The van der Waals surface area contributed by atoms with Gasteiger partial charge >= 0.3 is 0 Å². The molecule has 0 radical (unpaired) electrons. The second-order valence-electron chi connectivity index (χ2n) is 4.24. The lowest BCUT2D eigenvalue weighted by Crippen LogP contribution is -2.18. The highest BCUT2D eigenvalue weighted by atomic mass is 32.2. The molecule has 0 aliphatic heterocycles. The quantitative estimate of drug-likeness (QED) is 0.564.